The van der Waals surface area contributed by atoms with Crippen molar-refractivity contribution in [2.45, 2.75) is 36.5 Å². The predicted octanol–water partition coefficient (Wildman–Crippen LogP) is 5.25. The number of carboxylic acids is 1. The smallest absolute Gasteiger partial charge is 0.337 e. The lowest BCUT2D eigenvalue weighted by Gasteiger charge is -2.15. The Morgan fingerprint density at radius 3 is 1.76 bits per heavy atom. The Balaban J connectivity index is 1.46. The first kappa shape index (κ1) is 21.1. The Bertz CT molecular complexity index is 1390. The number of benzene rings is 3. The summed E-state index contributed by atoms with van der Waals surface area (Å²) >= 11 is 0. The summed E-state index contributed by atoms with van der Waals surface area (Å²) in [6.07, 6.45) is 5.59. The quantitative estimate of drug-likeness (QED) is 0.308. The summed E-state index contributed by atoms with van der Waals surface area (Å²) in [5.41, 5.74) is 7.01. The molecule has 1 heterocycles. The van der Waals surface area contributed by atoms with Crippen LogP contribution in [0.1, 0.15) is 47.2 Å². The van der Waals surface area contributed by atoms with Crippen LogP contribution in [-0.2, 0) is 10.8 Å². The van der Waals surface area contributed by atoms with Gasteiger partial charge in [0.05, 0.1) is 18.8 Å². The molecule has 2 saturated carbocycles. The second-order valence-electron chi connectivity index (χ2n) is 9.99. The van der Waals surface area contributed by atoms with E-state index in [1.165, 1.54) is 5.56 Å². The molecule has 0 saturated heterocycles. The maximum absolute atomic E-state index is 11.9. The van der Waals surface area contributed by atoms with Crippen LogP contribution in [0.25, 0.3) is 33.2 Å². The van der Waals surface area contributed by atoms with E-state index in [9.17, 15) is 20.1 Å². The molecule has 4 aromatic rings. The monoisotopic (exact) mass is 453 g/mol. The second kappa shape index (κ2) is 7.55. The highest BCUT2D eigenvalue weighted by atomic mass is 16.4. The number of fused-ring (bicyclic) bond motifs is 1. The summed E-state index contributed by atoms with van der Waals surface area (Å²) in [6, 6.07) is 20.6. The number of aliphatic hydroxyl groups excluding tert-OH is 2. The number of hydrogen-bond acceptors (Lipinski definition) is 3. The number of carbonyl (C=O) groups is 1. The Morgan fingerprint density at radius 1 is 0.765 bits per heavy atom. The summed E-state index contributed by atoms with van der Waals surface area (Å²) in [5, 5.41) is 30.0. The molecule has 0 unspecified atom stereocenters. The van der Waals surface area contributed by atoms with Gasteiger partial charge in [-0.1, -0.05) is 48.5 Å². The molecule has 2 aliphatic rings. The molecule has 0 spiro atoms. The van der Waals surface area contributed by atoms with Gasteiger partial charge < -0.3 is 20.3 Å². The Kier molecular flexibility index (Phi) is 4.70. The molecule has 4 N–H and O–H groups in total. The lowest BCUT2D eigenvalue weighted by atomic mass is 9.90. The minimum absolute atomic E-state index is 0.0707. The van der Waals surface area contributed by atoms with Crippen LogP contribution in [0, 0.1) is 0 Å². The van der Waals surface area contributed by atoms with Crippen molar-refractivity contribution in [2.24, 2.45) is 0 Å². The van der Waals surface area contributed by atoms with Crippen LogP contribution in [0.3, 0.4) is 0 Å². The molecule has 6 rings (SSSR count). The van der Waals surface area contributed by atoms with Gasteiger partial charge >= 0.3 is 5.97 Å². The summed E-state index contributed by atoms with van der Waals surface area (Å²) < 4.78 is 0. The van der Waals surface area contributed by atoms with Gasteiger partial charge in [-0.25, -0.2) is 4.79 Å². The van der Waals surface area contributed by atoms with Gasteiger partial charge in [0, 0.05) is 27.9 Å². The van der Waals surface area contributed by atoms with Crippen molar-refractivity contribution in [3.8, 4) is 22.3 Å². The molecule has 172 valence electrons. The van der Waals surface area contributed by atoms with Gasteiger partial charge in [-0.15, -0.1) is 0 Å². The lowest BCUT2D eigenvalue weighted by molar-refractivity contribution is 0.0699. The lowest BCUT2D eigenvalue weighted by Crippen LogP contribution is -2.11. The van der Waals surface area contributed by atoms with Crippen LogP contribution in [-0.4, -0.2) is 39.5 Å². The molecule has 0 bridgehead atoms. The van der Waals surface area contributed by atoms with Gasteiger partial charge in [-0.05, 0) is 71.2 Å². The van der Waals surface area contributed by atoms with Gasteiger partial charge in [0.25, 0.3) is 0 Å². The van der Waals surface area contributed by atoms with Gasteiger partial charge in [0.15, 0.2) is 0 Å². The standard InChI is InChI=1S/C29H27NO4/c31-16-28(9-10-28)21-5-1-18(2-6-21)20-13-23(26-24(27(33)34)15-30-25(26)14-20)19-3-7-22(8-4-19)29(17-32)11-12-29/h1-8,13-15,30-32H,9-12,16-17H2,(H,33,34). The van der Waals surface area contributed by atoms with E-state index in [4.69, 9.17) is 0 Å². The van der Waals surface area contributed by atoms with E-state index in [-0.39, 0.29) is 29.6 Å². The van der Waals surface area contributed by atoms with Crippen LogP contribution in [0.2, 0.25) is 0 Å². The first-order valence-corrected chi connectivity index (χ1v) is 11.8. The van der Waals surface area contributed by atoms with E-state index in [0.29, 0.717) is 5.39 Å². The van der Waals surface area contributed by atoms with Crippen molar-refractivity contribution in [2.75, 3.05) is 13.2 Å². The largest absolute Gasteiger partial charge is 0.478 e. The number of aliphatic hydroxyl groups is 2. The fourth-order valence-electron chi connectivity index (χ4n) is 5.23. The van der Waals surface area contributed by atoms with Crippen LogP contribution >= 0.6 is 0 Å². The van der Waals surface area contributed by atoms with Crippen LogP contribution < -0.4 is 0 Å². The molecule has 5 heteroatoms. The number of rotatable bonds is 7. The molecular formula is C29H27NO4. The van der Waals surface area contributed by atoms with Crippen molar-refractivity contribution < 1.29 is 20.1 Å². The highest BCUT2D eigenvalue weighted by molar-refractivity contribution is 6.11. The van der Waals surface area contributed by atoms with Crippen molar-refractivity contribution in [3.05, 3.63) is 83.6 Å². The molecule has 3 aromatic carbocycles. The molecule has 2 fully saturated rings. The zero-order valence-electron chi connectivity index (χ0n) is 18.8. The molecule has 1 aromatic heterocycles. The Labute approximate surface area is 197 Å². The van der Waals surface area contributed by atoms with Gasteiger partial charge in [0.2, 0.25) is 0 Å². The highest BCUT2D eigenvalue weighted by Crippen LogP contribution is 2.49. The molecule has 0 radical (unpaired) electrons. The van der Waals surface area contributed by atoms with E-state index < -0.39 is 5.97 Å². The average molecular weight is 454 g/mol. The topological polar surface area (TPSA) is 93.5 Å². The fourth-order valence-corrected chi connectivity index (χ4v) is 5.23. The minimum Gasteiger partial charge on any atom is -0.478 e. The number of aromatic carboxylic acids is 1. The zero-order valence-corrected chi connectivity index (χ0v) is 18.8. The van der Waals surface area contributed by atoms with Gasteiger partial charge in [-0.2, -0.15) is 0 Å². The third-order valence-electron chi connectivity index (χ3n) is 7.96. The second-order valence-corrected chi connectivity index (χ2v) is 9.99. The maximum Gasteiger partial charge on any atom is 0.337 e. The molecule has 0 aliphatic heterocycles. The van der Waals surface area contributed by atoms with Gasteiger partial charge in [0.1, 0.15) is 0 Å². The molecular weight excluding hydrogens is 426 g/mol. The number of H-pyrrole nitrogens is 1. The highest BCUT2D eigenvalue weighted by Gasteiger charge is 2.44. The van der Waals surface area contributed by atoms with Crippen molar-refractivity contribution >= 4 is 16.9 Å². The van der Waals surface area contributed by atoms with E-state index in [0.717, 1.165) is 59.0 Å². The summed E-state index contributed by atoms with van der Waals surface area (Å²) in [6.45, 7) is 0.330. The van der Waals surface area contributed by atoms with Crippen LogP contribution in [0.15, 0.2) is 66.9 Å². The van der Waals surface area contributed by atoms with E-state index in [1.807, 2.05) is 18.2 Å². The Hall–Kier alpha value is -3.41. The van der Waals surface area contributed by atoms with E-state index in [1.54, 1.807) is 6.20 Å². The maximum atomic E-state index is 11.9. The third kappa shape index (κ3) is 3.27. The van der Waals surface area contributed by atoms with E-state index in [2.05, 4.69) is 47.4 Å². The molecule has 34 heavy (non-hydrogen) atoms. The molecule has 0 amide bonds. The predicted molar refractivity (Wildman–Crippen MR) is 132 cm³/mol. The van der Waals surface area contributed by atoms with Crippen molar-refractivity contribution in [3.63, 3.8) is 0 Å². The summed E-state index contributed by atoms with van der Waals surface area (Å²) in [4.78, 5) is 15.1. The van der Waals surface area contributed by atoms with E-state index >= 15 is 0 Å². The van der Waals surface area contributed by atoms with Crippen molar-refractivity contribution in [1.82, 2.24) is 4.98 Å². The normalized spacial score (nSPS) is 17.6. The van der Waals surface area contributed by atoms with Crippen LogP contribution in [0.4, 0.5) is 0 Å². The fraction of sp³-hybridized carbons (Fsp3) is 0.276. The number of aromatic amines is 1. The van der Waals surface area contributed by atoms with Crippen molar-refractivity contribution in [1.29, 1.82) is 0 Å². The number of nitrogens with one attached hydrogen (secondary N) is 1. The Morgan fingerprint density at radius 2 is 1.29 bits per heavy atom. The number of hydrogen-bond donors (Lipinski definition) is 4. The van der Waals surface area contributed by atoms with Crippen LogP contribution in [0.5, 0.6) is 0 Å². The number of aromatic nitrogens is 1. The average Bonchev–Trinajstić information content (AvgIpc) is 3.80. The summed E-state index contributed by atoms with van der Waals surface area (Å²) in [7, 11) is 0. The SMILES string of the molecule is O=C(O)c1c[nH]c2cc(-c3ccc(C4(CO)CC4)cc3)cc(-c3ccc(C4(CO)CC4)cc3)c12. The van der Waals surface area contributed by atoms with Gasteiger partial charge in [-0.3, -0.25) is 0 Å². The molecule has 2 aliphatic carbocycles. The molecule has 5 nitrogen and oxygen atoms in total. The number of carboxylic acid groups (broad SMARTS) is 1. The summed E-state index contributed by atoms with van der Waals surface area (Å²) in [5.74, 6) is -0.961. The minimum atomic E-state index is -0.961. The molecule has 0 atom stereocenters. The first-order chi connectivity index (χ1) is 16.5. The zero-order chi connectivity index (χ0) is 23.5. The first-order valence-electron chi connectivity index (χ1n) is 11.8. The third-order valence-corrected chi connectivity index (χ3v) is 7.96.